The van der Waals surface area contributed by atoms with Crippen molar-refractivity contribution in [2.45, 2.75) is 18.9 Å². The third kappa shape index (κ3) is 1.79. The summed E-state index contributed by atoms with van der Waals surface area (Å²) in [5.74, 6) is -0.963. The van der Waals surface area contributed by atoms with Crippen LogP contribution in [0.25, 0.3) is 0 Å². The van der Waals surface area contributed by atoms with Gasteiger partial charge in [-0.05, 0) is 12.8 Å². The lowest BCUT2D eigenvalue weighted by atomic mass is 10.2. The van der Waals surface area contributed by atoms with Gasteiger partial charge in [-0.3, -0.25) is 9.36 Å². The van der Waals surface area contributed by atoms with Crippen LogP contribution in [0.5, 0.6) is 0 Å². The molecule has 1 fully saturated rings. The molecule has 18 heavy (non-hydrogen) atoms. The Morgan fingerprint density at radius 2 is 2.06 bits per heavy atom. The van der Waals surface area contributed by atoms with Gasteiger partial charge in [0.15, 0.2) is 0 Å². The largest absolute Gasteiger partial charge is 0.480 e. The highest BCUT2D eigenvalue weighted by Gasteiger charge is 2.33. The summed E-state index contributed by atoms with van der Waals surface area (Å²) in [7, 11) is 2.78. The van der Waals surface area contributed by atoms with E-state index in [1.807, 2.05) is 0 Å². The van der Waals surface area contributed by atoms with E-state index < -0.39 is 23.3 Å². The van der Waals surface area contributed by atoms with E-state index in [4.69, 9.17) is 5.11 Å². The molecule has 1 aliphatic heterocycles. The van der Waals surface area contributed by atoms with E-state index in [1.165, 1.54) is 19.0 Å². The first-order chi connectivity index (χ1) is 8.43. The van der Waals surface area contributed by atoms with Crippen LogP contribution in [0, 0.1) is 0 Å². The van der Waals surface area contributed by atoms with Crippen LogP contribution in [-0.4, -0.2) is 38.0 Å². The summed E-state index contributed by atoms with van der Waals surface area (Å²) in [5.41, 5.74) is -1.10. The Morgan fingerprint density at radius 3 is 2.67 bits per heavy atom. The lowest BCUT2D eigenvalue weighted by Gasteiger charge is -2.21. The Balaban J connectivity index is 2.55. The average Bonchev–Trinajstić information content (AvgIpc) is 2.80. The Morgan fingerprint density at radius 1 is 1.39 bits per heavy atom. The van der Waals surface area contributed by atoms with Gasteiger partial charge in [0.05, 0.1) is 0 Å². The summed E-state index contributed by atoms with van der Waals surface area (Å²) in [4.78, 5) is 36.0. The molecule has 98 valence electrons. The van der Waals surface area contributed by atoms with E-state index in [0.717, 1.165) is 9.25 Å². The molecule has 1 aliphatic rings. The molecule has 8 nitrogen and oxygen atoms in total. The van der Waals surface area contributed by atoms with Crippen LogP contribution in [0.3, 0.4) is 0 Å². The maximum absolute atomic E-state index is 11.9. The van der Waals surface area contributed by atoms with Gasteiger partial charge in [0.25, 0.3) is 5.56 Å². The molecular formula is C10H14N4O4. The zero-order valence-corrected chi connectivity index (χ0v) is 10.2. The molecule has 0 aliphatic carbocycles. The number of carboxylic acid groups (broad SMARTS) is 1. The van der Waals surface area contributed by atoms with E-state index in [1.54, 1.807) is 0 Å². The Bertz CT molecular complexity index is 603. The zero-order chi connectivity index (χ0) is 13.4. The average molecular weight is 254 g/mol. The summed E-state index contributed by atoms with van der Waals surface area (Å²) in [6.07, 6.45) is 1.16. The number of aromatic nitrogens is 3. The fraction of sp³-hybridized carbons (Fsp3) is 0.600. The Hall–Kier alpha value is -2.12. The maximum Gasteiger partial charge on any atom is 0.346 e. The van der Waals surface area contributed by atoms with E-state index in [-0.39, 0.29) is 5.82 Å². The van der Waals surface area contributed by atoms with Crippen LogP contribution in [0.2, 0.25) is 0 Å². The first-order valence-corrected chi connectivity index (χ1v) is 5.57. The second-order valence-electron chi connectivity index (χ2n) is 4.28. The van der Waals surface area contributed by atoms with Gasteiger partial charge in [-0.1, -0.05) is 0 Å². The van der Waals surface area contributed by atoms with Crippen LogP contribution in [-0.2, 0) is 18.9 Å². The minimum atomic E-state index is -0.981. The molecule has 0 radical (unpaired) electrons. The predicted octanol–water partition coefficient (Wildman–Crippen LogP) is -1.47. The van der Waals surface area contributed by atoms with Crippen molar-refractivity contribution in [1.82, 2.24) is 14.3 Å². The Labute approximate surface area is 102 Å². The number of aryl methyl sites for hydroxylation is 1. The molecule has 8 heteroatoms. The predicted molar refractivity (Wildman–Crippen MR) is 62.7 cm³/mol. The first-order valence-electron chi connectivity index (χ1n) is 5.57. The molecule has 1 aromatic heterocycles. The molecule has 0 spiro atoms. The van der Waals surface area contributed by atoms with Gasteiger partial charge in [-0.2, -0.15) is 0 Å². The highest BCUT2D eigenvalue weighted by molar-refractivity contribution is 5.78. The summed E-state index contributed by atoms with van der Waals surface area (Å²) < 4.78 is 1.97. The smallest absolute Gasteiger partial charge is 0.346 e. The minimum absolute atomic E-state index is 0.0181. The van der Waals surface area contributed by atoms with Gasteiger partial charge in [-0.15, -0.1) is 5.10 Å². The Kier molecular flexibility index (Phi) is 2.93. The molecule has 0 amide bonds. The second-order valence-corrected chi connectivity index (χ2v) is 4.28. The summed E-state index contributed by atoms with van der Waals surface area (Å²) in [6.45, 7) is 0.456. The van der Waals surface area contributed by atoms with E-state index in [2.05, 4.69) is 5.10 Å². The van der Waals surface area contributed by atoms with Gasteiger partial charge >= 0.3 is 11.7 Å². The summed E-state index contributed by atoms with van der Waals surface area (Å²) >= 11 is 0. The van der Waals surface area contributed by atoms with Gasteiger partial charge in [0.2, 0.25) is 5.82 Å². The molecule has 1 atom stereocenters. The molecule has 1 N–H and O–H groups in total. The lowest BCUT2D eigenvalue weighted by molar-refractivity contribution is -0.138. The first kappa shape index (κ1) is 12.3. The SMILES string of the molecule is Cn1nc(N2CCCC2C(=O)O)c(=O)n(C)c1=O. The third-order valence-electron chi connectivity index (χ3n) is 3.11. The van der Waals surface area contributed by atoms with Crippen molar-refractivity contribution in [3.63, 3.8) is 0 Å². The van der Waals surface area contributed by atoms with Crippen molar-refractivity contribution in [1.29, 1.82) is 0 Å². The maximum atomic E-state index is 11.9. The number of nitrogens with zero attached hydrogens (tertiary/aromatic N) is 4. The highest BCUT2D eigenvalue weighted by atomic mass is 16.4. The fourth-order valence-corrected chi connectivity index (χ4v) is 2.14. The number of aliphatic carboxylic acids is 1. The summed E-state index contributed by atoms with van der Waals surface area (Å²) in [5, 5.41) is 13.0. The van der Waals surface area contributed by atoms with Crippen LogP contribution in [0.15, 0.2) is 9.59 Å². The molecule has 2 heterocycles. The van der Waals surface area contributed by atoms with Crippen molar-refractivity contribution in [2.75, 3.05) is 11.4 Å². The number of rotatable bonds is 2. The normalized spacial score (nSPS) is 19.2. The van der Waals surface area contributed by atoms with Crippen molar-refractivity contribution in [3.8, 4) is 0 Å². The number of anilines is 1. The van der Waals surface area contributed by atoms with Gasteiger partial charge in [0, 0.05) is 20.6 Å². The molecule has 0 aromatic carbocycles. The number of carbonyl (C=O) groups is 1. The van der Waals surface area contributed by atoms with E-state index in [0.29, 0.717) is 19.4 Å². The van der Waals surface area contributed by atoms with Gasteiger partial charge in [0.1, 0.15) is 6.04 Å². The van der Waals surface area contributed by atoms with Crippen molar-refractivity contribution in [2.24, 2.45) is 14.1 Å². The standard InChI is InChI=1S/C10H14N4O4/c1-12-8(15)7(11-13(2)10(12)18)14-5-3-4-6(14)9(16)17/h6H,3-5H2,1-2H3,(H,16,17). The molecule has 0 bridgehead atoms. The quantitative estimate of drug-likeness (QED) is 0.692. The van der Waals surface area contributed by atoms with E-state index >= 15 is 0 Å². The summed E-state index contributed by atoms with van der Waals surface area (Å²) in [6, 6.07) is -0.747. The van der Waals surface area contributed by atoms with Gasteiger partial charge < -0.3 is 10.0 Å². The number of carboxylic acids is 1. The van der Waals surface area contributed by atoms with Gasteiger partial charge in [-0.25, -0.2) is 14.3 Å². The molecular weight excluding hydrogens is 240 g/mol. The fourth-order valence-electron chi connectivity index (χ4n) is 2.14. The highest BCUT2D eigenvalue weighted by Crippen LogP contribution is 2.20. The third-order valence-corrected chi connectivity index (χ3v) is 3.11. The molecule has 1 unspecified atom stereocenters. The van der Waals surface area contributed by atoms with Crippen LogP contribution in [0.1, 0.15) is 12.8 Å². The second kappa shape index (κ2) is 4.28. The van der Waals surface area contributed by atoms with Crippen molar-refractivity contribution in [3.05, 3.63) is 20.8 Å². The van der Waals surface area contributed by atoms with Crippen LogP contribution < -0.4 is 16.1 Å². The lowest BCUT2D eigenvalue weighted by Crippen LogP contribution is -2.46. The molecule has 0 saturated carbocycles. The van der Waals surface area contributed by atoms with Crippen LogP contribution >= 0.6 is 0 Å². The number of hydrogen-bond acceptors (Lipinski definition) is 5. The zero-order valence-electron chi connectivity index (χ0n) is 10.2. The monoisotopic (exact) mass is 254 g/mol. The molecule has 2 rings (SSSR count). The van der Waals surface area contributed by atoms with Crippen LogP contribution in [0.4, 0.5) is 5.82 Å². The van der Waals surface area contributed by atoms with Crippen molar-refractivity contribution < 1.29 is 9.90 Å². The van der Waals surface area contributed by atoms with E-state index in [9.17, 15) is 14.4 Å². The number of hydrogen-bond donors (Lipinski definition) is 1. The molecule has 1 saturated heterocycles. The minimum Gasteiger partial charge on any atom is -0.480 e. The topological polar surface area (TPSA) is 97.4 Å². The molecule has 1 aromatic rings. The van der Waals surface area contributed by atoms with Crippen molar-refractivity contribution >= 4 is 11.8 Å².